The van der Waals surface area contributed by atoms with Crippen LogP contribution in [0.3, 0.4) is 0 Å². The van der Waals surface area contributed by atoms with E-state index in [2.05, 4.69) is 17.2 Å². The van der Waals surface area contributed by atoms with E-state index in [-0.39, 0.29) is 35.6 Å². The Morgan fingerprint density at radius 2 is 1.86 bits per heavy atom. The number of aryl methyl sites for hydroxylation is 1. The topological polar surface area (TPSA) is 131 Å². The largest absolute Gasteiger partial charge is 0.351 e. The number of rotatable bonds is 5. The van der Waals surface area contributed by atoms with Crippen molar-refractivity contribution in [3.05, 3.63) is 28.2 Å². The average molecular weight is 524 g/mol. The lowest BCUT2D eigenvalue weighted by Gasteiger charge is -2.33. The molecule has 12 heteroatoms. The SMILES string of the molecule is Cc1cc2cnc(NC3CCN(S(=O)(=O)C4CCS(=O)(=O)C4)CC3)nc2n([C@@H]2CCC[C@@H]2C)c1=O. The van der Waals surface area contributed by atoms with Gasteiger partial charge < -0.3 is 5.32 Å². The van der Waals surface area contributed by atoms with Crippen molar-refractivity contribution < 1.29 is 16.8 Å². The lowest BCUT2D eigenvalue weighted by molar-refractivity contribution is 0.326. The van der Waals surface area contributed by atoms with Gasteiger partial charge in [0.25, 0.3) is 5.56 Å². The van der Waals surface area contributed by atoms with Crippen molar-refractivity contribution >= 4 is 36.8 Å². The summed E-state index contributed by atoms with van der Waals surface area (Å²) in [5.41, 5.74) is 1.32. The minimum absolute atomic E-state index is 0.00617. The predicted octanol–water partition coefficient (Wildman–Crippen LogP) is 1.85. The van der Waals surface area contributed by atoms with Crippen molar-refractivity contribution in [1.29, 1.82) is 0 Å². The van der Waals surface area contributed by atoms with Crippen LogP contribution in [-0.4, -0.2) is 71.6 Å². The van der Waals surface area contributed by atoms with Crippen molar-refractivity contribution in [3.63, 3.8) is 0 Å². The lowest BCUT2D eigenvalue weighted by Crippen LogP contribution is -2.46. The van der Waals surface area contributed by atoms with Crippen molar-refractivity contribution in [3.8, 4) is 0 Å². The van der Waals surface area contributed by atoms with Gasteiger partial charge in [-0.15, -0.1) is 0 Å². The number of fused-ring (bicyclic) bond motifs is 1. The summed E-state index contributed by atoms with van der Waals surface area (Å²) in [5.74, 6) is 0.506. The molecule has 3 fully saturated rings. The van der Waals surface area contributed by atoms with E-state index in [4.69, 9.17) is 4.98 Å². The quantitative estimate of drug-likeness (QED) is 0.628. The van der Waals surface area contributed by atoms with E-state index in [1.54, 1.807) is 6.20 Å². The van der Waals surface area contributed by atoms with E-state index in [1.807, 2.05) is 17.6 Å². The van der Waals surface area contributed by atoms with Crippen molar-refractivity contribution in [1.82, 2.24) is 18.8 Å². The zero-order chi connectivity index (χ0) is 25.0. The van der Waals surface area contributed by atoms with Crippen LogP contribution >= 0.6 is 0 Å². The molecule has 35 heavy (non-hydrogen) atoms. The number of hydrogen-bond acceptors (Lipinski definition) is 8. The fraction of sp³-hybridized carbons (Fsp3) is 0.696. The summed E-state index contributed by atoms with van der Waals surface area (Å²) >= 11 is 0. The van der Waals surface area contributed by atoms with Crippen LogP contribution < -0.4 is 10.9 Å². The number of sulfone groups is 1. The van der Waals surface area contributed by atoms with Gasteiger partial charge in [0.05, 0.1) is 16.8 Å². The highest BCUT2D eigenvalue weighted by atomic mass is 32.2. The highest BCUT2D eigenvalue weighted by Crippen LogP contribution is 2.36. The Morgan fingerprint density at radius 3 is 2.49 bits per heavy atom. The monoisotopic (exact) mass is 523 g/mol. The number of sulfonamides is 1. The van der Waals surface area contributed by atoms with Crippen molar-refractivity contribution in [2.45, 2.75) is 69.7 Å². The maximum Gasteiger partial charge on any atom is 0.255 e. The Balaban J connectivity index is 1.32. The standard InChI is InChI=1S/C23H33N5O5S2/c1-15-4-3-5-20(15)28-21-17(12-16(2)22(28)29)13-24-23(26-21)25-18-6-9-27(10-7-18)35(32,33)19-8-11-34(30,31)14-19/h12-13,15,18-20H,3-11,14H2,1-2H3,(H,24,25,26)/t15-,19?,20+/m0/s1. The molecule has 0 radical (unpaired) electrons. The second-order valence-corrected chi connectivity index (χ2v) is 14.8. The van der Waals surface area contributed by atoms with Gasteiger partial charge in [-0.1, -0.05) is 13.3 Å². The van der Waals surface area contributed by atoms with Crippen LogP contribution in [0.2, 0.25) is 0 Å². The first kappa shape index (κ1) is 24.6. The molecular weight excluding hydrogens is 490 g/mol. The molecule has 2 aromatic heterocycles. The van der Waals surface area contributed by atoms with E-state index in [0.29, 0.717) is 49.0 Å². The Morgan fingerprint density at radius 1 is 1.11 bits per heavy atom. The number of hydrogen-bond donors (Lipinski definition) is 1. The Labute approximate surface area is 206 Å². The second kappa shape index (κ2) is 9.11. The Bertz CT molecular complexity index is 1400. The highest BCUT2D eigenvalue weighted by Gasteiger charge is 2.41. The summed E-state index contributed by atoms with van der Waals surface area (Å²) in [6.07, 6.45) is 6.21. The molecule has 5 rings (SSSR count). The normalized spacial score (nSPS) is 28.0. The van der Waals surface area contributed by atoms with Gasteiger partial charge in [-0.3, -0.25) is 9.36 Å². The van der Waals surface area contributed by atoms with Crippen molar-refractivity contribution in [2.24, 2.45) is 5.92 Å². The molecule has 3 aliphatic rings. The third-order valence-corrected chi connectivity index (χ3v) is 12.2. The first-order valence-electron chi connectivity index (χ1n) is 12.4. The van der Waals surface area contributed by atoms with Crippen LogP contribution in [0.25, 0.3) is 11.0 Å². The molecule has 2 aromatic rings. The van der Waals surface area contributed by atoms with Gasteiger partial charge in [-0.2, -0.15) is 4.98 Å². The van der Waals surface area contributed by atoms with Crippen LogP contribution in [-0.2, 0) is 19.9 Å². The number of anilines is 1. The Hall–Kier alpha value is -2.05. The van der Waals surface area contributed by atoms with Crippen LogP contribution in [0.5, 0.6) is 0 Å². The summed E-state index contributed by atoms with van der Waals surface area (Å²) < 4.78 is 52.6. The molecule has 1 N–H and O–H groups in total. The minimum atomic E-state index is -3.63. The van der Waals surface area contributed by atoms with Crippen LogP contribution in [0.15, 0.2) is 17.1 Å². The second-order valence-electron chi connectivity index (χ2n) is 10.3. The average Bonchev–Trinajstić information content (AvgIpc) is 3.40. The summed E-state index contributed by atoms with van der Waals surface area (Å²) in [7, 11) is -6.89. The predicted molar refractivity (Wildman–Crippen MR) is 135 cm³/mol. The molecule has 2 aliphatic heterocycles. The molecule has 192 valence electrons. The third-order valence-electron chi connectivity index (χ3n) is 7.86. The maximum atomic E-state index is 13.1. The molecule has 1 aliphatic carbocycles. The lowest BCUT2D eigenvalue weighted by atomic mass is 10.1. The molecule has 0 aromatic carbocycles. The summed E-state index contributed by atoms with van der Waals surface area (Å²) in [6, 6.07) is 1.95. The fourth-order valence-electron chi connectivity index (χ4n) is 5.79. The number of piperidine rings is 1. The van der Waals surface area contributed by atoms with Gasteiger partial charge in [0.1, 0.15) is 5.65 Å². The van der Waals surface area contributed by atoms with Gasteiger partial charge in [0.2, 0.25) is 16.0 Å². The zero-order valence-corrected chi connectivity index (χ0v) is 21.8. The van der Waals surface area contributed by atoms with E-state index < -0.39 is 25.1 Å². The number of nitrogens with zero attached hydrogens (tertiary/aromatic N) is 4. The summed E-state index contributed by atoms with van der Waals surface area (Å²) in [4.78, 5) is 22.3. The molecule has 0 bridgehead atoms. The fourth-order valence-corrected chi connectivity index (χ4v) is 10.3. The molecule has 3 atom stereocenters. The molecule has 4 heterocycles. The molecule has 0 spiro atoms. The van der Waals surface area contributed by atoms with Crippen LogP contribution in [0.4, 0.5) is 5.95 Å². The molecule has 2 saturated heterocycles. The Kier molecular flexibility index (Phi) is 6.41. The molecule has 1 saturated carbocycles. The third kappa shape index (κ3) is 4.72. The first-order chi connectivity index (χ1) is 16.5. The zero-order valence-electron chi connectivity index (χ0n) is 20.2. The smallest absolute Gasteiger partial charge is 0.255 e. The van der Waals surface area contributed by atoms with Gasteiger partial charge in [-0.05, 0) is 51.0 Å². The van der Waals surface area contributed by atoms with Gasteiger partial charge in [-0.25, -0.2) is 26.1 Å². The number of nitrogens with one attached hydrogen (secondary N) is 1. The van der Waals surface area contributed by atoms with Crippen LogP contribution in [0, 0.1) is 12.8 Å². The van der Waals surface area contributed by atoms with Gasteiger partial charge in [0.15, 0.2) is 9.84 Å². The number of pyridine rings is 1. The summed E-state index contributed by atoms with van der Waals surface area (Å²) in [6.45, 7) is 4.66. The van der Waals surface area contributed by atoms with Gasteiger partial charge >= 0.3 is 0 Å². The molecule has 0 amide bonds. The first-order valence-corrected chi connectivity index (χ1v) is 15.7. The van der Waals surface area contributed by atoms with E-state index in [0.717, 1.165) is 24.6 Å². The molecule has 10 nitrogen and oxygen atoms in total. The number of aromatic nitrogens is 3. The molecule has 1 unspecified atom stereocenters. The summed E-state index contributed by atoms with van der Waals surface area (Å²) in [5, 5.41) is 3.33. The van der Waals surface area contributed by atoms with E-state index in [1.165, 1.54) is 4.31 Å². The van der Waals surface area contributed by atoms with E-state index >= 15 is 0 Å². The maximum absolute atomic E-state index is 13.1. The van der Waals surface area contributed by atoms with Crippen molar-refractivity contribution in [2.75, 3.05) is 29.9 Å². The molecular formula is C23H33N5O5S2. The van der Waals surface area contributed by atoms with Gasteiger partial charge in [0, 0.05) is 42.3 Å². The van der Waals surface area contributed by atoms with E-state index in [9.17, 15) is 21.6 Å². The van der Waals surface area contributed by atoms with Crippen LogP contribution in [0.1, 0.15) is 57.1 Å². The minimum Gasteiger partial charge on any atom is -0.351 e. The highest BCUT2D eigenvalue weighted by molar-refractivity contribution is 7.95.